The summed E-state index contributed by atoms with van der Waals surface area (Å²) in [5.41, 5.74) is -0.682. The lowest BCUT2D eigenvalue weighted by Gasteiger charge is -2.14. The molecule has 0 heterocycles. The van der Waals surface area contributed by atoms with Gasteiger partial charge in [0.25, 0.3) is 5.91 Å². The van der Waals surface area contributed by atoms with Gasteiger partial charge in [0.05, 0.1) is 12.2 Å². The topological polar surface area (TPSA) is 73.9 Å². The Morgan fingerprint density at radius 3 is 2.03 bits per heavy atom. The molecule has 2 rings (SSSR count). The molecule has 1 atom stereocenters. The number of anilines is 1. The van der Waals surface area contributed by atoms with Gasteiger partial charge in [0.15, 0.2) is 12.7 Å². The smallest absolute Gasteiger partial charge is 0.416 e. The minimum Gasteiger partial charge on any atom is -0.494 e. The molecule has 0 saturated heterocycles. The van der Waals surface area contributed by atoms with E-state index in [9.17, 15) is 22.8 Å². The molecule has 0 radical (unpaired) electrons. The maximum atomic E-state index is 12.5. The van der Waals surface area contributed by atoms with Crippen molar-refractivity contribution in [1.29, 1.82) is 0 Å². The molecule has 0 aliphatic rings. The first-order chi connectivity index (χ1) is 13.7. The molecular formula is C20H20F3NO5. The summed E-state index contributed by atoms with van der Waals surface area (Å²) in [7, 11) is 0. The van der Waals surface area contributed by atoms with Gasteiger partial charge in [-0.3, -0.25) is 4.79 Å². The van der Waals surface area contributed by atoms with E-state index in [2.05, 4.69) is 5.32 Å². The van der Waals surface area contributed by atoms with Crippen molar-refractivity contribution in [2.45, 2.75) is 26.1 Å². The number of benzene rings is 2. The molecule has 2 aromatic rings. The number of amides is 1. The lowest BCUT2D eigenvalue weighted by atomic mass is 10.2. The molecule has 6 nitrogen and oxygen atoms in total. The lowest BCUT2D eigenvalue weighted by Crippen LogP contribution is -2.31. The molecule has 0 saturated carbocycles. The van der Waals surface area contributed by atoms with Crippen molar-refractivity contribution in [1.82, 2.24) is 0 Å². The first kappa shape index (κ1) is 22.1. The maximum Gasteiger partial charge on any atom is 0.416 e. The van der Waals surface area contributed by atoms with Crippen LogP contribution in [0.3, 0.4) is 0 Å². The zero-order chi connectivity index (χ0) is 21.4. The number of nitrogens with one attached hydrogen (secondary N) is 1. The summed E-state index contributed by atoms with van der Waals surface area (Å²) in [6.45, 7) is 3.31. The Hall–Kier alpha value is -3.23. The molecular weight excluding hydrogens is 391 g/mol. The number of hydrogen-bond acceptors (Lipinski definition) is 5. The maximum absolute atomic E-state index is 12.5. The van der Waals surface area contributed by atoms with Crippen LogP contribution in [0, 0.1) is 0 Å². The third kappa shape index (κ3) is 7.02. The Bertz CT molecular complexity index is 820. The van der Waals surface area contributed by atoms with Gasteiger partial charge in [-0.25, -0.2) is 4.79 Å². The van der Waals surface area contributed by atoms with Crippen molar-refractivity contribution in [3.05, 3.63) is 54.1 Å². The molecule has 0 unspecified atom stereocenters. The molecule has 0 aliphatic carbocycles. The Balaban J connectivity index is 1.80. The van der Waals surface area contributed by atoms with Crippen molar-refractivity contribution in [2.24, 2.45) is 0 Å². The zero-order valence-electron chi connectivity index (χ0n) is 15.8. The van der Waals surface area contributed by atoms with Gasteiger partial charge in [-0.2, -0.15) is 13.2 Å². The van der Waals surface area contributed by atoms with Gasteiger partial charge in [-0.15, -0.1) is 0 Å². The highest BCUT2D eigenvalue weighted by atomic mass is 19.4. The molecule has 0 aromatic heterocycles. The molecule has 1 amide bonds. The molecule has 0 aliphatic heterocycles. The largest absolute Gasteiger partial charge is 0.494 e. The fraction of sp³-hybridized carbons (Fsp3) is 0.300. The predicted molar refractivity (Wildman–Crippen MR) is 98.7 cm³/mol. The number of hydrogen-bond donors (Lipinski definition) is 1. The first-order valence-electron chi connectivity index (χ1n) is 8.72. The van der Waals surface area contributed by atoms with Gasteiger partial charge in [0.2, 0.25) is 0 Å². The summed E-state index contributed by atoms with van der Waals surface area (Å²) in [5, 5.41) is 2.38. The second-order valence-electron chi connectivity index (χ2n) is 5.89. The van der Waals surface area contributed by atoms with Gasteiger partial charge < -0.3 is 19.5 Å². The lowest BCUT2D eigenvalue weighted by molar-refractivity contribution is -0.155. The van der Waals surface area contributed by atoms with Gasteiger partial charge in [0.1, 0.15) is 11.5 Å². The zero-order valence-corrected chi connectivity index (χ0v) is 15.8. The molecule has 9 heteroatoms. The van der Waals surface area contributed by atoms with Crippen molar-refractivity contribution in [3.8, 4) is 11.5 Å². The van der Waals surface area contributed by atoms with Crippen molar-refractivity contribution >= 4 is 17.6 Å². The van der Waals surface area contributed by atoms with Crippen LogP contribution in [0.5, 0.6) is 11.5 Å². The van der Waals surface area contributed by atoms with Gasteiger partial charge in [-0.1, -0.05) is 0 Å². The summed E-state index contributed by atoms with van der Waals surface area (Å²) < 4.78 is 53.2. The van der Waals surface area contributed by atoms with Gasteiger partial charge >= 0.3 is 12.1 Å². The van der Waals surface area contributed by atoms with Crippen LogP contribution in [0.1, 0.15) is 19.4 Å². The fourth-order valence-electron chi connectivity index (χ4n) is 2.21. The Morgan fingerprint density at radius 2 is 1.52 bits per heavy atom. The fourth-order valence-corrected chi connectivity index (χ4v) is 2.21. The van der Waals surface area contributed by atoms with Crippen LogP contribution < -0.4 is 14.8 Å². The van der Waals surface area contributed by atoms with Crippen LogP contribution in [0.15, 0.2) is 48.5 Å². The van der Waals surface area contributed by atoms with Crippen LogP contribution >= 0.6 is 0 Å². The standard InChI is InChI=1S/C20H20F3NO5/c1-3-27-16-8-10-17(11-9-16)28-12-18(25)29-13(2)19(26)24-15-6-4-14(5-7-15)20(21,22)23/h4-11,13H,3,12H2,1-2H3,(H,24,26)/t13-/m0/s1. The summed E-state index contributed by atoms with van der Waals surface area (Å²) in [4.78, 5) is 23.9. The second kappa shape index (κ2) is 9.81. The number of rotatable bonds is 8. The quantitative estimate of drug-likeness (QED) is 0.664. The molecule has 1 N–H and O–H groups in total. The van der Waals surface area contributed by atoms with Crippen molar-refractivity contribution < 1.29 is 37.0 Å². The number of alkyl halides is 3. The second-order valence-corrected chi connectivity index (χ2v) is 5.89. The third-order valence-corrected chi connectivity index (χ3v) is 3.65. The highest BCUT2D eigenvalue weighted by Crippen LogP contribution is 2.29. The average molecular weight is 411 g/mol. The van der Waals surface area contributed by atoms with E-state index in [0.29, 0.717) is 18.1 Å². The van der Waals surface area contributed by atoms with E-state index in [1.807, 2.05) is 6.92 Å². The SMILES string of the molecule is CCOc1ccc(OCC(=O)O[C@@H](C)C(=O)Nc2ccc(C(F)(F)F)cc2)cc1. The summed E-state index contributed by atoms with van der Waals surface area (Å²) in [6, 6.07) is 10.5. The minimum absolute atomic E-state index is 0.150. The van der Waals surface area contributed by atoms with E-state index in [-0.39, 0.29) is 5.69 Å². The molecule has 29 heavy (non-hydrogen) atoms. The molecule has 2 aromatic carbocycles. The number of carbonyl (C=O) groups excluding carboxylic acids is 2. The number of ether oxygens (including phenoxy) is 3. The van der Waals surface area contributed by atoms with Crippen LogP contribution in [0.25, 0.3) is 0 Å². The van der Waals surface area contributed by atoms with Crippen LogP contribution in [-0.4, -0.2) is 31.2 Å². The van der Waals surface area contributed by atoms with Gasteiger partial charge in [-0.05, 0) is 62.4 Å². The number of halogens is 3. The average Bonchev–Trinajstić information content (AvgIpc) is 2.67. The molecule has 156 valence electrons. The monoisotopic (exact) mass is 411 g/mol. The van der Waals surface area contributed by atoms with E-state index < -0.39 is 36.3 Å². The summed E-state index contributed by atoms with van der Waals surface area (Å²) in [6.07, 6.45) is -5.62. The minimum atomic E-state index is -4.46. The first-order valence-corrected chi connectivity index (χ1v) is 8.72. The number of esters is 1. The van der Waals surface area contributed by atoms with E-state index in [1.165, 1.54) is 6.92 Å². The Morgan fingerprint density at radius 1 is 0.966 bits per heavy atom. The Labute approximate surface area is 165 Å². The van der Waals surface area contributed by atoms with E-state index in [0.717, 1.165) is 24.3 Å². The number of carbonyl (C=O) groups is 2. The van der Waals surface area contributed by atoms with E-state index >= 15 is 0 Å². The van der Waals surface area contributed by atoms with E-state index in [1.54, 1.807) is 24.3 Å². The predicted octanol–water partition coefficient (Wildman–Crippen LogP) is 4.05. The van der Waals surface area contributed by atoms with Crippen LogP contribution in [0.2, 0.25) is 0 Å². The van der Waals surface area contributed by atoms with Gasteiger partial charge in [0, 0.05) is 5.69 Å². The molecule has 0 fully saturated rings. The van der Waals surface area contributed by atoms with Crippen LogP contribution in [-0.2, 0) is 20.5 Å². The molecule has 0 spiro atoms. The molecule has 0 bridgehead atoms. The highest BCUT2D eigenvalue weighted by Gasteiger charge is 2.30. The normalized spacial score (nSPS) is 12.0. The van der Waals surface area contributed by atoms with Crippen LogP contribution in [0.4, 0.5) is 18.9 Å². The third-order valence-electron chi connectivity index (χ3n) is 3.65. The summed E-state index contributed by atoms with van der Waals surface area (Å²) >= 11 is 0. The summed E-state index contributed by atoms with van der Waals surface area (Å²) in [5.74, 6) is -0.364. The van der Waals surface area contributed by atoms with Crippen molar-refractivity contribution in [3.63, 3.8) is 0 Å². The highest BCUT2D eigenvalue weighted by molar-refractivity contribution is 5.95. The Kier molecular flexibility index (Phi) is 7.46. The van der Waals surface area contributed by atoms with Crippen molar-refractivity contribution in [2.75, 3.05) is 18.5 Å². The van der Waals surface area contributed by atoms with E-state index in [4.69, 9.17) is 14.2 Å².